The third kappa shape index (κ3) is 4.39. The summed E-state index contributed by atoms with van der Waals surface area (Å²) in [5.41, 5.74) is 4.17. The predicted octanol–water partition coefficient (Wildman–Crippen LogP) is 5.82. The van der Waals surface area contributed by atoms with Gasteiger partial charge in [0.05, 0.1) is 45.0 Å². The Kier molecular flexibility index (Phi) is 6.23. The first-order chi connectivity index (χ1) is 18.6. The summed E-state index contributed by atoms with van der Waals surface area (Å²) in [6, 6.07) is 11.5. The number of nitrogens with zero attached hydrogens (tertiary/aromatic N) is 5. The maximum absolute atomic E-state index is 15.9. The summed E-state index contributed by atoms with van der Waals surface area (Å²) < 4.78 is 40.0. The molecule has 9 heteroatoms. The normalized spacial score (nSPS) is 15.9. The zero-order chi connectivity index (χ0) is 27.5. The van der Waals surface area contributed by atoms with E-state index in [1.165, 1.54) is 12.1 Å². The summed E-state index contributed by atoms with van der Waals surface area (Å²) in [5, 5.41) is 19.5. The molecular formula is C30H31F2N5O2. The SMILES string of the molecule is Cc1nnn(C)c1-c1cnc2c3c(F)cc(C(C)(C)O)cc3n([C@@H](c3cccc(F)c3)C3CCOCC3)c2c1. The Balaban J connectivity index is 1.73. The Morgan fingerprint density at radius 2 is 1.85 bits per heavy atom. The first-order valence-corrected chi connectivity index (χ1v) is 13.2. The van der Waals surface area contributed by atoms with Crippen molar-refractivity contribution in [1.82, 2.24) is 24.5 Å². The lowest BCUT2D eigenvalue weighted by Crippen LogP contribution is -2.27. The van der Waals surface area contributed by atoms with Crippen LogP contribution in [-0.4, -0.2) is 42.9 Å². The summed E-state index contributed by atoms with van der Waals surface area (Å²) in [6.07, 6.45) is 3.26. The first-order valence-electron chi connectivity index (χ1n) is 13.2. The molecule has 0 bridgehead atoms. The molecule has 0 amide bonds. The van der Waals surface area contributed by atoms with Gasteiger partial charge in [0.25, 0.3) is 0 Å². The Hall–Kier alpha value is -3.69. The van der Waals surface area contributed by atoms with Crippen molar-refractivity contribution in [3.8, 4) is 11.3 Å². The van der Waals surface area contributed by atoms with Crippen LogP contribution < -0.4 is 0 Å². The lowest BCUT2D eigenvalue weighted by Gasteiger charge is -2.33. The third-order valence-electron chi connectivity index (χ3n) is 7.85. The van der Waals surface area contributed by atoms with Gasteiger partial charge in [0.1, 0.15) is 11.6 Å². The van der Waals surface area contributed by atoms with E-state index in [1.807, 2.05) is 32.2 Å². The Bertz CT molecular complexity index is 1680. The van der Waals surface area contributed by atoms with Crippen LogP contribution in [0.3, 0.4) is 0 Å². The molecule has 39 heavy (non-hydrogen) atoms. The van der Waals surface area contributed by atoms with Gasteiger partial charge in [0.15, 0.2) is 0 Å². The van der Waals surface area contributed by atoms with Crippen molar-refractivity contribution >= 4 is 21.9 Å². The smallest absolute Gasteiger partial charge is 0.135 e. The second-order valence-corrected chi connectivity index (χ2v) is 11.0. The van der Waals surface area contributed by atoms with Crippen LogP contribution in [0.5, 0.6) is 0 Å². The van der Waals surface area contributed by atoms with Crippen LogP contribution >= 0.6 is 0 Å². The first kappa shape index (κ1) is 25.6. The number of halogens is 2. The molecule has 1 atom stereocenters. The van der Waals surface area contributed by atoms with E-state index in [1.54, 1.807) is 36.9 Å². The summed E-state index contributed by atoms with van der Waals surface area (Å²) in [5.74, 6) is -0.682. The van der Waals surface area contributed by atoms with Crippen molar-refractivity contribution in [3.63, 3.8) is 0 Å². The fourth-order valence-corrected chi connectivity index (χ4v) is 5.97. The van der Waals surface area contributed by atoms with Crippen molar-refractivity contribution in [2.45, 2.75) is 45.3 Å². The van der Waals surface area contributed by atoms with E-state index in [4.69, 9.17) is 9.72 Å². The molecule has 0 saturated carbocycles. The highest BCUT2D eigenvalue weighted by Crippen LogP contribution is 2.43. The summed E-state index contributed by atoms with van der Waals surface area (Å²) in [6.45, 7) is 6.35. The maximum Gasteiger partial charge on any atom is 0.135 e. The molecule has 1 aliphatic rings. The Morgan fingerprint density at radius 1 is 1.08 bits per heavy atom. The second-order valence-electron chi connectivity index (χ2n) is 11.0. The molecule has 1 saturated heterocycles. The van der Waals surface area contributed by atoms with E-state index >= 15 is 4.39 Å². The molecule has 6 rings (SSSR count). The Morgan fingerprint density at radius 3 is 2.51 bits per heavy atom. The number of aryl methyl sites for hydroxylation is 2. The molecule has 1 fully saturated rings. The lowest BCUT2D eigenvalue weighted by molar-refractivity contribution is 0.0552. The number of aliphatic hydroxyl groups is 1. The molecule has 3 aromatic heterocycles. The molecule has 2 aromatic carbocycles. The second kappa shape index (κ2) is 9.50. The van der Waals surface area contributed by atoms with Gasteiger partial charge in [-0.2, -0.15) is 0 Å². The minimum atomic E-state index is -1.26. The van der Waals surface area contributed by atoms with Crippen molar-refractivity contribution < 1.29 is 18.6 Å². The van der Waals surface area contributed by atoms with Gasteiger partial charge in [0.2, 0.25) is 0 Å². The highest BCUT2D eigenvalue weighted by Gasteiger charge is 2.32. The summed E-state index contributed by atoms with van der Waals surface area (Å²) in [4.78, 5) is 4.77. The van der Waals surface area contributed by atoms with Gasteiger partial charge in [-0.05, 0) is 81.0 Å². The number of aromatic nitrogens is 5. The van der Waals surface area contributed by atoms with E-state index in [0.29, 0.717) is 35.2 Å². The van der Waals surface area contributed by atoms with Gasteiger partial charge in [-0.15, -0.1) is 5.10 Å². The minimum absolute atomic E-state index is 0.108. The fourth-order valence-electron chi connectivity index (χ4n) is 5.97. The van der Waals surface area contributed by atoms with Crippen LogP contribution in [-0.2, 0) is 17.4 Å². The van der Waals surface area contributed by atoms with Crippen molar-refractivity contribution in [2.24, 2.45) is 13.0 Å². The monoisotopic (exact) mass is 531 g/mol. The van der Waals surface area contributed by atoms with Crippen LogP contribution in [0.15, 0.2) is 48.7 Å². The van der Waals surface area contributed by atoms with Gasteiger partial charge >= 0.3 is 0 Å². The highest BCUT2D eigenvalue weighted by atomic mass is 19.1. The van der Waals surface area contributed by atoms with Gasteiger partial charge < -0.3 is 14.4 Å². The largest absolute Gasteiger partial charge is 0.386 e. The molecule has 5 aromatic rings. The van der Waals surface area contributed by atoms with Crippen molar-refractivity contribution in [3.05, 3.63) is 77.1 Å². The topological polar surface area (TPSA) is 78.0 Å². The van der Waals surface area contributed by atoms with E-state index in [0.717, 1.165) is 40.9 Å². The molecule has 202 valence electrons. The van der Waals surface area contributed by atoms with Crippen LogP contribution in [0.1, 0.15) is 49.6 Å². The standard InChI is InChI=1S/C30H31F2N5O2/c1-17-28(36(4)35-34-17)20-13-25-27(33-16-20)26-23(32)14-21(30(2,3)38)15-24(26)37(25)29(18-8-10-39-11-9-18)19-6-5-7-22(31)12-19/h5-7,12-16,18,29,38H,8-11H2,1-4H3/t29-/m1/s1. The van der Waals surface area contributed by atoms with Gasteiger partial charge in [-0.3, -0.25) is 4.98 Å². The highest BCUT2D eigenvalue weighted by molar-refractivity contribution is 6.07. The molecule has 1 N–H and O–H groups in total. The average Bonchev–Trinajstić information content (AvgIpc) is 3.40. The van der Waals surface area contributed by atoms with E-state index in [9.17, 15) is 9.50 Å². The number of pyridine rings is 1. The average molecular weight is 532 g/mol. The zero-order valence-electron chi connectivity index (χ0n) is 22.4. The summed E-state index contributed by atoms with van der Waals surface area (Å²) in [7, 11) is 1.82. The molecular weight excluding hydrogens is 500 g/mol. The van der Waals surface area contributed by atoms with Crippen LogP contribution in [0.25, 0.3) is 33.2 Å². The molecule has 0 radical (unpaired) electrons. The maximum atomic E-state index is 15.9. The lowest BCUT2D eigenvalue weighted by atomic mass is 9.86. The van der Waals surface area contributed by atoms with Gasteiger partial charge in [-0.1, -0.05) is 17.3 Å². The number of rotatable bonds is 5. The van der Waals surface area contributed by atoms with Crippen LogP contribution in [0.4, 0.5) is 8.78 Å². The van der Waals surface area contributed by atoms with Crippen molar-refractivity contribution in [1.29, 1.82) is 0 Å². The number of ether oxygens (including phenoxy) is 1. The minimum Gasteiger partial charge on any atom is -0.386 e. The number of hydrogen-bond donors (Lipinski definition) is 1. The number of fused-ring (bicyclic) bond motifs is 3. The Labute approximate surface area is 225 Å². The molecule has 0 aliphatic carbocycles. The van der Waals surface area contributed by atoms with Gasteiger partial charge in [0, 0.05) is 32.0 Å². The molecule has 1 aliphatic heterocycles. The summed E-state index contributed by atoms with van der Waals surface area (Å²) >= 11 is 0. The van der Waals surface area contributed by atoms with E-state index in [2.05, 4.69) is 14.9 Å². The van der Waals surface area contributed by atoms with E-state index in [-0.39, 0.29) is 17.8 Å². The number of benzene rings is 2. The van der Waals surface area contributed by atoms with E-state index < -0.39 is 11.4 Å². The fraction of sp³-hybridized carbons (Fsp3) is 0.367. The molecule has 7 nitrogen and oxygen atoms in total. The van der Waals surface area contributed by atoms with Crippen LogP contribution in [0, 0.1) is 24.5 Å². The van der Waals surface area contributed by atoms with Crippen LogP contribution in [0.2, 0.25) is 0 Å². The molecule has 0 spiro atoms. The molecule has 0 unspecified atom stereocenters. The number of hydrogen-bond acceptors (Lipinski definition) is 5. The van der Waals surface area contributed by atoms with Crippen molar-refractivity contribution in [2.75, 3.05) is 13.2 Å². The van der Waals surface area contributed by atoms with Gasteiger partial charge in [-0.25, -0.2) is 13.5 Å². The quantitative estimate of drug-likeness (QED) is 0.310. The third-order valence-corrected chi connectivity index (χ3v) is 7.85. The predicted molar refractivity (Wildman–Crippen MR) is 145 cm³/mol. The molecule has 4 heterocycles. The zero-order valence-corrected chi connectivity index (χ0v) is 22.4.